The van der Waals surface area contributed by atoms with Crippen molar-refractivity contribution >= 4 is 46.3 Å². The van der Waals surface area contributed by atoms with E-state index in [-0.39, 0.29) is 5.91 Å². The fourth-order valence-electron chi connectivity index (χ4n) is 2.28. The van der Waals surface area contributed by atoms with Gasteiger partial charge in [-0.2, -0.15) is 0 Å². The van der Waals surface area contributed by atoms with Crippen LogP contribution in [0, 0.1) is 0 Å². The second-order valence-corrected chi connectivity index (χ2v) is 6.79. The minimum Gasteiger partial charge on any atom is -0.480 e. The highest BCUT2D eigenvalue weighted by molar-refractivity contribution is 8.26. The molecule has 23 heavy (non-hydrogen) atoms. The number of carboxylic acids is 1. The minimum atomic E-state index is -1.04. The number of hydrogen-bond donors (Lipinski definition) is 1. The topological polar surface area (TPSA) is 57.6 Å². The van der Waals surface area contributed by atoms with Crippen LogP contribution < -0.4 is 0 Å². The lowest BCUT2D eigenvalue weighted by Gasteiger charge is -2.21. The molecule has 1 aliphatic rings. The first kappa shape index (κ1) is 17.4. The fourth-order valence-corrected chi connectivity index (χ4v) is 3.68. The van der Waals surface area contributed by atoms with Gasteiger partial charge in [0.2, 0.25) is 0 Å². The highest BCUT2D eigenvalue weighted by Gasteiger charge is 2.39. The van der Waals surface area contributed by atoms with Crippen molar-refractivity contribution in [1.29, 1.82) is 0 Å². The fraction of sp³-hybridized carbons (Fsp3) is 0.235. The summed E-state index contributed by atoms with van der Waals surface area (Å²) in [4.78, 5) is 25.4. The number of thioether (sulfide) groups is 1. The summed E-state index contributed by atoms with van der Waals surface area (Å²) < 4.78 is 0.294. The van der Waals surface area contributed by atoms with Crippen molar-refractivity contribution in [1.82, 2.24) is 4.90 Å². The van der Waals surface area contributed by atoms with Crippen molar-refractivity contribution in [3.8, 4) is 0 Å². The van der Waals surface area contributed by atoms with Gasteiger partial charge in [-0.15, -0.1) is 0 Å². The quantitative estimate of drug-likeness (QED) is 0.650. The lowest BCUT2D eigenvalue weighted by molar-refractivity contribution is -0.145. The van der Waals surface area contributed by atoms with Gasteiger partial charge in [0.1, 0.15) is 10.4 Å². The molecule has 1 amide bonds. The van der Waals surface area contributed by atoms with Gasteiger partial charge in [-0.05, 0) is 30.6 Å². The van der Waals surface area contributed by atoms with E-state index >= 15 is 0 Å². The molecule has 2 rings (SSSR count). The SMILES string of the molecule is CC[C@@H](C(=O)O)N1C(=O)C(=CC(C)=Cc2ccccc2)SC1=S. The summed E-state index contributed by atoms with van der Waals surface area (Å²) in [6.07, 6.45) is 4.02. The summed E-state index contributed by atoms with van der Waals surface area (Å²) in [6, 6.07) is 8.86. The largest absolute Gasteiger partial charge is 0.480 e. The summed E-state index contributed by atoms with van der Waals surface area (Å²) in [5.74, 6) is -1.38. The first-order valence-electron chi connectivity index (χ1n) is 7.17. The molecule has 0 radical (unpaired) electrons. The maximum atomic E-state index is 12.5. The van der Waals surface area contributed by atoms with Crippen molar-refractivity contribution in [3.63, 3.8) is 0 Å². The van der Waals surface area contributed by atoms with Crippen molar-refractivity contribution in [2.24, 2.45) is 0 Å². The number of allylic oxidation sites excluding steroid dienone is 2. The van der Waals surface area contributed by atoms with E-state index in [4.69, 9.17) is 12.2 Å². The molecule has 120 valence electrons. The number of hydrogen-bond acceptors (Lipinski definition) is 4. The van der Waals surface area contributed by atoms with Crippen molar-refractivity contribution in [2.45, 2.75) is 26.3 Å². The molecule has 6 heteroatoms. The lowest BCUT2D eigenvalue weighted by atomic mass is 10.1. The highest BCUT2D eigenvalue weighted by Crippen LogP contribution is 2.34. The number of benzene rings is 1. The molecule has 1 atom stereocenters. The molecule has 1 fully saturated rings. The predicted molar refractivity (Wildman–Crippen MR) is 96.9 cm³/mol. The molecule has 0 aromatic heterocycles. The Bertz CT molecular complexity index is 695. The van der Waals surface area contributed by atoms with E-state index in [1.165, 1.54) is 4.90 Å². The molecule has 1 saturated heterocycles. The van der Waals surface area contributed by atoms with Crippen molar-refractivity contribution in [2.75, 3.05) is 0 Å². The van der Waals surface area contributed by atoms with E-state index < -0.39 is 12.0 Å². The maximum absolute atomic E-state index is 12.5. The first-order chi connectivity index (χ1) is 10.9. The maximum Gasteiger partial charge on any atom is 0.326 e. The Labute approximate surface area is 144 Å². The van der Waals surface area contributed by atoms with Crippen LogP contribution in [-0.4, -0.2) is 32.2 Å². The first-order valence-corrected chi connectivity index (χ1v) is 8.39. The van der Waals surface area contributed by atoms with Gasteiger partial charge in [0.25, 0.3) is 5.91 Å². The zero-order valence-corrected chi connectivity index (χ0v) is 14.5. The Kier molecular flexibility index (Phi) is 5.74. The Morgan fingerprint density at radius 1 is 1.39 bits per heavy atom. The van der Waals surface area contributed by atoms with Gasteiger partial charge in [0.15, 0.2) is 0 Å². The Morgan fingerprint density at radius 3 is 2.61 bits per heavy atom. The summed E-state index contributed by atoms with van der Waals surface area (Å²) in [7, 11) is 0. The number of thiocarbonyl (C=S) groups is 1. The summed E-state index contributed by atoms with van der Waals surface area (Å²) in [6.45, 7) is 3.62. The smallest absolute Gasteiger partial charge is 0.326 e. The second-order valence-electron chi connectivity index (χ2n) is 5.11. The normalized spacial score (nSPS) is 18.6. The van der Waals surface area contributed by atoms with Crippen LogP contribution in [0.3, 0.4) is 0 Å². The number of carboxylic acid groups (broad SMARTS) is 1. The average molecular weight is 347 g/mol. The van der Waals surface area contributed by atoms with Gasteiger partial charge in [0, 0.05) is 0 Å². The molecule has 0 spiro atoms. The molecule has 0 saturated carbocycles. The van der Waals surface area contributed by atoms with Gasteiger partial charge in [-0.25, -0.2) is 4.79 Å². The van der Waals surface area contributed by atoms with Gasteiger partial charge >= 0.3 is 5.97 Å². The van der Waals surface area contributed by atoms with Crippen LogP contribution in [0.4, 0.5) is 0 Å². The molecule has 4 nitrogen and oxygen atoms in total. The van der Waals surface area contributed by atoms with Gasteiger partial charge < -0.3 is 5.11 Å². The number of nitrogens with zero attached hydrogens (tertiary/aromatic N) is 1. The van der Waals surface area contributed by atoms with E-state index in [2.05, 4.69) is 0 Å². The molecule has 0 aliphatic carbocycles. The summed E-state index contributed by atoms with van der Waals surface area (Å²) in [5, 5.41) is 9.24. The third-order valence-electron chi connectivity index (χ3n) is 3.36. The van der Waals surface area contributed by atoms with Crippen LogP contribution in [0.2, 0.25) is 0 Å². The average Bonchev–Trinajstić information content (AvgIpc) is 2.76. The molecule has 1 heterocycles. The van der Waals surface area contributed by atoms with E-state index in [1.807, 2.05) is 43.3 Å². The minimum absolute atomic E-state index is 0.294. The molecule has 1 aromatic rings. The summed E-state index contributed by atoms with van der Waals surface area (Å²) in [5.41, 5.74) is 1.94. The Hall–Kier alpha value is -1.92. The van der Waals surface area contributed by atoms with Gasteiger partial charge in [-0.1, -0.05) is 67.3 Å². The lowest BCUT2D eigenvalue weighted by Crippen LogP contribution is -2.43. The van der Waals surface area contributed by atoms with E-state index in [0.29, 0.717) is 15.6 Å². The van der Waals surface area contributed by atoms with Crippen LogP contribution >= 0.6 is 24.0 Å². The van der Waals surface area contributed by atoms with E-state index in [9.17, 15) is 14.7 Å². The molecule has 1 aliphatic heterocycles. The Balaban J connectivity index is 2.25. The Morgan fingerprint density at radius 2 is 2.04 bits per heavy atom. The van der Waals surface area contributed by atoms with Crippen LogP contribution in [0.1, 0.15) is 25.8 Å². The third-order valence-corrected chi connectivity index (χ3v) is 4.69. The standard InChI is InChI=1S/C17H17NO3S2/c1-3-13(16(20)21)18-15(19)14(23-17(18)22)10-11(2)9-12-7-5-4-6-8-12/h4-10,13H,3H2,1-2H3,(H,20,21)/t13-/m0/s1. The van der Waals surface area contributed by atoms with E-state index in [1.54, 1.807) is 13.0 Å². The number of rotatable bonds is 5. The monoisotopic (exact) mass is 347 g/mol. The van der Waals surface area contributed by atoms with Crippen LogP contribution in [0.15, 0.2) is 46.9 Å². The number of carbonyl (C=O) groups is 2. The molecule has 1 aromatic carbocycles. The number of aliphatic carboxylic acids is 1. The molecule has 0 bridgehead atoms. The molecule has 1 N–H and O–H groups in total. The van der Waals surface area contributed by atoms with Crippen LogP contribution in [0.25, 0.3) is 6.08 Å². The van der Waals surface area contributed by atoms with Crippen LogP contribution in [-0.2, 0) is 9.59 Å². The molecular weight excluding hydrogens is 330 g/mol. The number of carbonyl (C=O) groups excluding carboxylic acids is 1. The van der Waals surface area contributed by atoms with Crippen LogP contribution in [0.5, 0.6) is 0 Å². The number of amides is 1. The third kappa shape index (κ3) is 4.09. The zero-order chi connectivity index (χ0) is 17.0. The van der Waals surface area contributed by atoms with Gasteiger partial charge in [0.05, 0.1) is 4.91 Å². The van der Waals surface area contributed by atoms with Crippen molar-refractivity contribution < 1.29 is 14.7 Å². The zero-order valence-electron chi connectivity index (χ0n) is 12.9. The van der Waals surface area contributed by atoms with Gasteiger partial charge in [-0.3, -0.25) is 9.69 Å². The van der Waals surface area contributed by atoms with E-state index in [0.717, 1.165) is 22.9 Å². The molecule has 0 unspecified atom stereocenters. The summed E-state index contributed by atoms with van der Waals surface area (Å²) >= 11 is 6.33. The second kappa shape index (κ2) is 7.57. The molecular formula is C17H17NO3S2. The predicted octanol–water partition coefficient (Wildman–Crippen LogP) is 3.70. The van der Waals surface area contributed by atoms with Crippen molar-refractivity contribution in [3.05, 3.63) is 52.4 Å². The highest BCUT2D eigenvalue weighted by atomic mass is 32.2.